The zero-order valence-electron chi connectivity index (χ0n) is 13.2. The molecule has 5 nitrogen and oxygen atoms in total. The van der Waals surface area contributed by atoms with Crippen molar-refractivity contribution in [3.05, 3.63) is 35.4 Å². The van der Waals surface area contributed by atoms with Crippen molar-refractivity contribution in [1.29, 1.82) is 0 Å². The molecule has 0 saturated carbocycles. The van der Waals surface area contributed by atoms with Gasteiger partial charge in [0.2, 0.25) is 10.0 Å². The SMILES string of the molecule is COCC(C)S(=O)(=O)NC1CNCCC1c1ccc(F)c(F)c1. The number of sulfonamides is 1. The topological polar surface area (TPSA) is 67.4 Å². The van der Waals surface area contributed by atoms with Gasteiger partial charge < -0.3 is 10.1 Å². The summed E-state index contributed by atoms with van der Waals surface area (Å²) in [6, 6.07) is 3.31. The summed E-state index contributed by atoms with van der Waals surface area (Å²) in [4.78, 5) is 0. The van der Waals surface area contributed by atoms with Crippen molar-refractivity contribution >= 4 is 10.0 Å². The zero-order chi connectivity index (χ0) is 17.0. The fraction of sp³-hybridized carbons (Fsp3) is 0.600. The smallest absolute Gasteiger partial charge is 0.216 e. The number of ether oxygens (including phenoxy) is 1. The first-order chi connectivity index (χ1) is 10.8. The lowest BCUT2D eigenvalue weighted by Gasteiger charge is -2.33. The van der Waals surface area contributed by atoms with E-state index in [-0.39, 0.29) is 12.5 Å². The molecular formula is C15H22F2N2O3S. The second-order valence-electron chi connectivity index (χ2n) is 5.81. The molecule has 1 aliphatic rings. The van der Waals surface area contributed by atoms with E-state index in [9.17, 15) is 17.2 Å². The Morgan fingerprint density at radius 1 is 1.39 bits per heavy atom. The minimum Gasteiger partial charge on any atom is -0.383 e. The van der Waals surface area contributed by atoms with Gasteiger partial charge in [0.25, 0.3) is 0 Å². The van der Waals surface area contributed by atoms with Crippen LogP contribution in [0.1, 0.15) is 24.8 Å². The highest BCUT2D eigenvalue weighted by atomic mass is 32.2. The molecule has 1 aliphatic heterocycles. The highest BCUT2D eigenvalue weighted by Crippen LogP contribution is 2.27. The minimum atomic E-state index is -3.56. The molecule has 130 valence electrons. The average Bonchev–Trinajstić information content (AvgIpc) is 2.50. The van der Waals surface area contributed by atoms with Gasteiger partial charge in [0.15, 0.2) is 11.6 Å². The molecular weight excluding hydrogens is 326 g/mol. The summed E-state index contributed by atoms with van der Waals surface area (Å²) >= 11 is 0. The number of halogens is 2. The normalized spacial score (nSPS) is 23.7. The van der Waals surface area contributed by atoms with Crippen LogP contribution in [0, 0.1) is 11.6 Å². The lowest BCUT2D eigenvalue weighted by atomic mass is 9.86. The van der Waals surface area contributed by atoms with Gasteiger partial charge in [0.1, 0.15) is 0 Å². The van der Waals surface area contributed by atoms with Gasteiger partial charge in [-0.05, 0) is 37.6 Å². The molecule has 0 amide bonds. The second kappa shape index (κ2) is 7.65. The van der Waals surface area contributed by atoms with Gasteiger partial charge in [-0.2, -0.15) is 0 Å². The molecule has 1 aromatic rings. The molecule has 3 unspecified atom stereocenters. The molecule has 1 fully saturated rings. The summed E-state index contributed by atoms with van der Waals surface area (Å²) in [6.45, 7) is 2.78. The van der Waals surface area contributed by atoms with Gasteiger partial charge in [0, 0.05) is 25.6 Å². The molecule has 0 radical (unpaired) electrons. The van der Waals surface area contributed by atoms with E-state index in [2.05, 4.69) is 10.0 Å². The molecule has 0 aliphatic carbocycles. The van der Waals surface area contributed by atoms with Gasteiger partial charge in [-0.15, -0.1) is 0 Å². The standard InChI is InChI=1S/C15H22F2N2O3S/c1-10(9-22-2)23(20,21)19-15-8-18-6-5-12(15)11-3-4-13(16)14(17)7-11/h3-4,7,10,12,15,18-19H,5-6,8-9H2,1-2H3. The molecule has 0 spiro atoms. The van der Waals surface area contributed by atoms with Crippen LogP contribution in [-0.2, 0) is 14.8 Å². The molecule has 23 heavy (non-hydrogen) atoms. The molecule has 0 aromatic heterocycles. The van der Waals surface area contributed by atoms with Crippen molar-refractivity contribution in [1.82, 2.24) is 10.0 Å². The monoisotopic (exact) mass is 348 g/mol. The van der Waals surface area contributed by atoms with E-state index in [1.54, 1.807) is 6.92 Å². The number of methoxy groups -OCH3 is 1. The molecule has 8 heteroatoms. The quantitative estimate of drug-likeness (QED) is 0.815. The van der Waals surface area contributed by atoms with Gasteiger partial charge in [-0.25, -0.2) is 21.9 Å². The number of rotatable bonds is 6. The van der Waals surface area contributed by atoms with Gasteiger partial charge >= 0.3 is 0 Å². The van der Waals surface area contributed by atoms with Crippen LogP contribution in [0.15, 0.2) is 18.2 Å². The largest absolute Gasteiger partial charge is 0.383 e. The highest BCUT2D eigenvalue weighted by molar-refractivity contribution is 7.90. The predicted octanol–water partition coefficient (Wildman–Crippen LogP) is 1.36. The van der Waals surface area contributed by atoms with Crippen molar-refractivity contribution < 1.29 is 21.9 Å². The third-order valence-corrected chi connectivity index (χ3v) is 5.93. The summed E-state index contributed by atoms with van der Waals surface area (Å²) in [5, 5.41) is 2.43. The molecule has 1 saturated heterocycles. The van der Waals surface area contributed by atoms with E-state index in [1.807, 2.05) is 0 Å². The first kappa shape index (κ1) is 18.3. The van der Waals surface area contributed by atoms with Crippen molar-refractivity contribution in [2.24, 2.45) is 0 Å². The molecule has 2 rings (SSSR count). The maximum atomic E-state index is 13.5. The van der Waals surface area contributed by atoms with Gasteiger partial charge in [0.05, 0.1) is 11.9 Å². The Kier molecular flexibility index (Phi) is 6.07. The third-order valence-electron chi connectivity index (χ3n) is 4.10. The Balaban J connectivity index is 2.20. The maximum absolute atomic E-state index is 13.5. The van der Waals surface area contributed by atoms with Crippen molar-refractivity contribution in [2.45, 2.75) is 30.6 Å². The number of hydrogen-bond acceptors (Lipinski definition) is 4. The van der Waals surface area contributed by atoms with E-state index < -0.39 is 32.9 Å². The summed E-state index contributed by atoms with van der Waals surface area (Å²) in [6.07, 6.45) is 0.636. The van der Waals surface area contributed by atoms with Crippen LogP contribution in [0.5, 0.6) is 0 Å². The Morgan fingerprint density at radius 3 is 2.78 bits per heavy atom. The van der Waals surface area contributed by atoms with Crippen molar-refractivity contribution in [3.8, 4) is 0 Å². The zero-order valence-corrected chi connectivity index (χ0v) is 14.0. The average molecular weight is 348 g/mol. The first-order valence-electron chi connectivity index (χ1n) is 7.51. The van der Waals surface area contributed by atoms with E-state index >= 15 is 0 Å². The molecule has 1 heterocycles. The fourth-order valence-electron chi connectivity index (χ4n) is 2.78. The summed E-state index contributed by atoms with van der Waals surface area (Å²) in [7, 11) is -2.12. The Labute approximate surface area is 135 Å². The molecule has 0 bridgehead atoms. The van der Waals surface area contributed by atoms with Crippen LogP contribution in [0.25, 0.3) is 0 Å². The van der Waals surface area contributed by atoms with Crippen LogP contribution in [0.4, 0.5) is 8.78 Å². The number of hydrogen-bond donors (Lipinski definition) is 2. The summed E-state index contributed by atoms with van der Waals surface area (Å²) in [5.41, 5.74) is 0.595. The number of nitrogens with one attached hydrogen (secondary N) is 2. The highest BCUT2D eigenvalue weighted by Gasteiger charge is 2.32. The fourth-order valence-corrected chi connectivity index (χ4v) is 3.99. The van der Waals surface area contributed by atoms with Crippen LogP contribution in [0.3, 0.4) is 0 Å². The Bertz CT molecular complexity index is 640. The molecule has 1 aromatic carbocycles. The van der Waals surface area contributed by atoms with E-state index in [0.717, 1.165) is 12.1 Å². The van der Waals surface area contributed by atoms with Gasteiger partial charge in [-0.1, -0.05) is 6.07 Å². The van der Waals surface area contributed by atoms with E-state index in [0.29, 0.717) is 25.1 Å². The lowest BCUT2D eigenvalue weighted by Crippen LogP contribution is -2.52. The number of benzene rings is 1. The summed E-state index contributed by atoms with van der Waals surface area (Å²) in [5.74, 6) is -2.04. The first-order valence-corrected chi connectivity index (χ1v) is 9.05. The second-order valence-corrected chi connectivity index (χ2v) is 7.94. The van der Waals surface area contributed by atoms with Crippen LogP contribution >= 0.6 is 0 Å². The Hall–Kier alpha value is -1.09. The molecule has 3 atom stereocenters. The maximum Gasteiger partial charge on any atom is 0.216 e. The summed E-state index contributed by atoms with van der Waals surface area (Å²) < 4.78 is 58.8. The Morgan fingerprint density at radius 2 is 2.13 bits per heavy atom. The molecule has 2 N–H and O–H groups in total. The third kappa shape index (κ3) is 4.47. The van der Waals surface area contributed by atoms with Crippen molar-refractivity contribution in [3.63, 3.8) is 0 Å². The van der Waals surface area contributed by atoms with E-state index in [1.165, 1.54) is 13.2 Å². The van der Waals surface area contributed by atoms with Gasteiger partial charge in [-0.3, -0.25) is 0 Å². The number of piperidine rings is 1. The van der Waals surface area contributed by atoms with Crippen LogP contribution in [-0.4, -0.2) is 46.5 Å². The minimum absolute atomic E-state index is 0.0886. The van der Waals surface area contributed by atoms with Crippen LogP contribution in [0.2, 0.25) is 0 Å². The lowest BCUT2D eigenvalue weighted by molar-refractivity contribution is 0.199. The predicted molar refractivity (Wildman–Crippen MR) is 83.8 cm³/mol. The van der Waals surface area contributed by atoms with Crippen molar-refractivity contribution in [2.75, 3.05) is 26.8 Å². The van der Waals surface area contributed by atoms with Crippen LogP contribution < -0.4 is 10.0 Å². The van der Waals surface area contributed by atoms with E-state index in [4.69, 9.17) is 4.74 Å².